The second-order valence-electron chi connectivity index (χ2n) is 6.90. The largest absolute Gasteiger partial charge is 0.480 e. The average molecular weight is 350 g/mol. The summed E-state index contributed by atoms with van der Waals surface area (Å²) in [6.07, 6.45) is 0.228. The summed E-state index contributed by atoms with van der Waals surface area (Å²) >= 11 is 0. The van der Waals surface area contributed by atoms with Crippen molar-refractivity contribution in [1.29, 1.82) is 0 Å². The van der Waals surface area contributed by atoms with Crippen molar-refractivity contribution >= 4 is 20.2 Å². The van der Waals surface area contributed by atoms with Crippen LogP contribution < -0.4 is 5.32 Å². The number of hydrogen-bond acceptors (Lipinski definition) is 5. The summed E-state index contributed by atoms with van der Waals surface area (Å²) in [4.78, 5) is 22.9. The van der Waals surface area contributed by atoms with E-state index >= 15 is 0 Å². The highest BCUT2D eigenvalue weighted by atomic mass is 28.4. The van der Waals surface area contributed by atoms with Gasteiger partial charge in [-0.1, -0.05) is 20.8 Å². The minimum absolute atomic E-state index is 0.0597. The van der Waals surface area contributed by atoms with E-state index in [-0.39, 0.29) is 24.7 Å². The number of amides is 1. The predicted molar refractivity (Wildman–Crippen MR) is 90.0 cm³/mol. The number of rotatable bonds is 11. The van der Waals surface area contributed by atoms with Gasteiger partial charge in [0, 0.05) is 20.1 Å². The number of carbonyl (C=O) groups is 2. The van der Waals surface area contributed by atoms with Gasteiger partial charge < -0.3 is 24.3 Å². The van der Waals surface area contributed by atoms with Gasteiger partial charge in [-0.2, -0.15) is 0 Å². The highest BCUT2D eigenvalue weighted by Gasteiger charge is 2.37. The second-order valence-corrected chi connectivity index (χ2v) is 11.7. The molecule has 0 radical (unpaired) electrons. The zero-order valence-electron chi connectivity index (χ0n) is 15.1. The van der Waals surface area contributed by atoms with E-state index in [2.05, 4.69) is 39.2 Å². The third-order valence-corrected chi connectivity index (χ3v) is 8.51. The van der Waals surface area contributed by atoms with E-state index in [1.54, 1.807) is 0 Å². The highest BCUT2D eigenvalue weighted by molar-refractivity contribution is 6.74. The second kappa shape index (κ2) is 10.0. The first kappa shape index (κ1) is 22.0. The Bertz CT molecular complexity index is 381. The van der Waals surface area contributed by atoms with Crippen molar-refractivity contribution in [2.24, 2.45) is 0 Å². The van der Waals surface area contributed by atoms with Crippen LogP contribution in [0.5, 0.6) is 0 Å². The molecule has 2 N–H and O–H groups in total. The van der Waals surface area contributed by atoms with E-state index in [0.29, 0.717) is 13.2 Å². The summed E-state index contributed by atoms with van der Waals surface area (Å²) in [6.45, 7) is 11.4. The summed E-state index contributed by atoms with van der Waals surface area (Å²) in [6, 6.07) is -0.974. The molecule has 0 aromatic heterocycles. The van der Waals surface area contributed by atoms with E-state index in [1.165, 1.54) is 7.11 Å². The maximum Gasteiger partial charge on any atom is 0.326 e. The highest BCUT2D eigenvalue weighted by Crippen LogP contribution is 2.36. The van der Waals surface area contributed by atoms with Crippen LogP contribution in [0.3, 0.4) is 0 Å². The Morgan fingerprint density at radius 1 is 1.17 bits per heavy atom. The van der Waals surface area contributed by atoms with Crippen molar-refractivity contribution in [3.63, 3.8) is 0 Å². The molecule has 23 heavy (non-hydrogen) atoms. The molecule has 0 fully saturated rings. The Hall–Kier alpha value is -0.963. The topological polar surface area (TPSA) is 94.1 Å². The number of methoxy groups -OCH3 is 1. The summed E-state index contributed by atoms with van der Waals surface area (Å²) in [5.74, 6) is -1.53. The van der Waals surface area contributed by atoms with Crippen LogP contribution in [0.4, 0.5) is 0 Å². The van der Waals surface area contributed by atoms with Crippen molar-refractivity contribution in [3.05, 3.63) is 0 Å². The lowest BCUT2D eigenvalue weighted by atomic mass is 10.2. The first-order chi connectivity index (χ1) is 10.5. The van der Waals surface area contributed by atoms with Crippen molar-refractivity contribution < 1.29 is 28.6 Å². The lowest BCUT2D eigenvalue weighted by Crippen LogP contribution is -2.45. The van der Waals surface area contributed by atoms with Gasteiger partial charge in [-0.15, -0.1) is 0 Å². The van der Waals surface area contributed by atoms with Crippen LogP contribution in [0, 0.1) is 0 Å². The monoisotopic (exact) mass is 349 g/mol. The first-order valence-electron chi connectivity index (χ1n) is 7.74. The fourth-order valence-corrected chi connectivity index (χ4v) is 2.51. The number of nitrogens with one attached hydrogen (secondary N) is 1. The summed E-state index contributed by atoms with van der Waals surface area (Å²) in [5.41, 5.74) is 0. The van der Waals surface area contributed by atoms with Gasteiger partial charge in [0.05, 0.1) is 13.2 Å². The minimum atomic E-state index is -1.92. The van der Waals surface area contributed by atoms with E-state index in [1.807, 2.05) is 0 Å². The number of carboxylic acid groups (broad SMARTS) is 1. The molecule has 136 valence electrons. The molecule has 0 saturated carbocycles. The Labute approximate surface area is 139 Å². The molecule has 0 bridgehead atoms. The number of carbonyl (C=O) groups excluding carboxylic acids is 1. The molecule has 0 heterocycles. The number of ether oxygens (including phenoxy) is 2. The number of aliphatic carboxylic acids is 1. The van der Waals surface area contributed by atoms with E-state index < -0.39 is 26.2 Å². The zero-order valence-corrected chi connectivity index (χ0v) is 16.1. The molecule has 1 atom stereocenters. The van der Waals surface area contributed by atoms with Crippen LogP contribution in [-0.4, -0.2) is 64.9 Å². The van der Waals surface area contributed by atoms with Crippen LogP contribution in [-0.2, 0) is 23.5 Å². The van der Waals surface area contributed by atoms with E-state index in [9.17, 15) is 14.7 Å². The fourth-order valence-electron chi connectivity index (χ4n) is 1.45. The minimum Gasteiger partial charge on any atom is -0.480 e. The molecular weight excluding hydrogens is 318 g/mol. The van der Waals surface area contributed by atoms with Gasteiger partial charge in [0.25, 0.3) is 0 Å². The SMILES string of the molecule is COCCOCC(=O)N[C@H](CCO[Si](C)(C)C(C)(C)C)C(=O)O. The molecule has 0 aliphatic heterocycles. The van der Waals surface area contributed by atoms with Crippen LogP contribution >= 0.6 is 0 Å². The smallest absolute Gasteiger partial charge is 0.326 e. The Morgan fingerprint density at radius 3 is 2.26 bits per heavy atom. The molecule has 0 aromatic rings. The van der Waals surface area contributed by atoms with Crippen LogP contribution in [0.15, 0.2) is 0 Å². The van der Waals surface area contributed by atoms with Crippen molar-refractivity contribution in [1.82, 2.24) is 5.32 Å². The lowest BCUT2D eigenvalue weighted by molar-refractivity contribution is -0.143. The molecule has 0 unspecified atom stereocenters. The molecule has 8 heteroatoms. The normalized spacial score (nSPS) is 13.7. The molecule has 0 rings (SSSR count). The molecular formula is C15H31NO6Si. The van der Waals surface area contributed by atoms with E-state index in [0.717, 1.165) is 0 Å². The summed E-state index contributed by atoms with van der Waals surface area (Å²) < 4.78 is 15.8. The molecule has 0 aliphatic rings. The van der Waals surface area contributed by atoms with Gasteiger partial charge in [-0.25, -0.2) is 4.79 Å². The number of carboxylic acids is 1. The average Bonchev–Trinajstić information content (AvgIpc) is 2.41. The van der Waals surface area contributed by atoms with Crippen molar-refractivity contribution in [2.45, 2.75) is 51.4 Å². The molecule has 0 aliphatic carbocycles. The number of hydrogen-bond donors (Lipinski definition) is 2. The van der Waals surface area contributed by atoms with Gasteiger partial charge in [-0.05, 0) is 18.1 Å². The van der Waals surface area contributed by atoms with Crippen LogP contribution in [0.25, 0.3) is 0 Å². The fraction of sp³-hybridized carbons (Fsp3) is 0.867. The van der Waals surface area contributed by atoms with E-state index in [4.69, 9.17) is 13.9 Å². The lowest BCUT2D eigenvalue weighted by Gasteiger charge is -2.36. The van der Waals surface area contributed by atoms with Gasteiger partial charge in [0.15, 0.2) is 8.32 Å². The van der Waals surface area contributed by atoms with Gasteiger partial charge in [-0.3, -0.25) is 4.79 Å². The molecule has 1 amide bonds. The zero-order chi connectivity index (χ0) is 18.1. The van der Waals surface area contributed by atoms with Crippen LogP contribution in [0.1, 0.15) is 27.2 Å². The molecule has 0 aromatic carbocycles. The van der Waals surface area contributed by atoms with Crippen LogP contribution in [0.2, 0.25) is 18.1 Å². The third kappa shape index (κ3) is 9.04. The molecule has 0 spiro atoms. The third-order valence-electron chi connectivity index (χ3n) is 3.97. The Morgan fingerprint density at radius 2 is 1.78 bits per heavy atom. The summed E-state index contributed by atoms with van der Waals surface area (Å²) in [7, 11) is -0.387. The van der Waals surface area contributed by atoms with Gasteiger partial charge in [0.1, 0.15) is 12.6 Å². The molecule has 0 saturated heterocycles. The van der Waals surface area contributed by atoms with Gasteiger partial charge in [0.2, 0.25) is 5.91 Å². The Balaban J connectivity index is 4.28. The maximum atomic E-state index is 11.7. The van der Waals surface area contributed by atoms with Crippen molar-refractivity contribution in [3.8, 4) is 0 Å². The maximum absolute atomic E-state index is 11.7. The summed E-state index contributed by atoms with van der Waals surface area (Å²) in [5, 5.41) is 11.7. The van der Waals surface area contributed by atoms with Crippen molar-refractivity contribution in [2.75, 3.05) is 33.5 Å². The molecule has 7 nitrogen and oxygen atoms in total. The quantitative estimate of drug-likeness (QED) is 0.435. The predicted octanol–water partition coefficient (Wildman–Crippen LogP) is 1.63. The Kier molecular flexibility index (Phi) is 9.60. The standard InChI is InChI=1S/C15H31NO6Si/c1-15(2,3)23(5,6)22-8-7-12(14(18)19)16-13(17)11-21-10-9-20-4/h12H,7-11H2,1-6H3,(H,16,17)(H,18,19)/t12-/m1/s1. The van der Waals surface area contributed by atoms with Gasteiger partial charge >= 0.3 is 5.97 Å². The first-order valence-corrected chi connectivity index (χ1v) is 10.6.